The van der Waals surface area contributed by atoms with Gasteiger partial charge in [-0.05, 0) is 18.8 Å². The lowest BCUT2D eigenvalue weighted by Crippen LogP contribution is -2.28. The van der Waals surface area contributed by atoms with Gasteiger partial charge in [-0.3, -0.25) is 0 Å². The van der Waals surface area contributed by atoms with Gasteiger partial charge in [0, 0.05) is 12.1 Å². The average Bonchev–Trinajstić information content (AvgIpc) is 2.36. The molecule has 1 aromatic rings. The average molecular weight is 258 g/mol. The first kappa shape index (κ1) is 13.2. The third-order valence-electron chi connectivity index (χ3n) is 3.59. The summed E-state index contributed by atoms with van der Waals surface area (Å²) >= 11 is 0. The Morgan fingerprint density at radius 2 is 2.06 bits per heavy atom. The van der Waals surface area contributed by atoms with Crippen molar-refractivity contribution < 1.29 is 13.2 Å². The molecule has 1 fully saturated rings. The molecule has 0 bridgehead atoms. The van der Waals surface area contributed by atoms with E-state index in [0.717, 1.165) is 25.7 Å². The van der Waals surface area contributed by atoms with E-state index in [4.69, 9.17) is 0 Å². The first-order valence-corrected chi connectivity index (χ1v) is 6.38. The quantitative estimate of drug-likeness (QED) is 0.832. The van der Waals surface area contributed by atoms with Crippen LogP contribution in [0.1, 0.15) is 39.0 Å². The Bertz CT molecular complexity index is 423. The lowest BCUT2D eigenvalue weighted by atomic mass is 9.84. The minimum atomic E-state index is -1.26. The van der Waals surface area contributed by atoms with Crippen molar-refractivity contribution in [1.29, 1.82) is 0 Å². The second kappa shape index (κ2) is 5.59. The highest BCUT2D eigenvalue weighted by Gasteiger charge is 2.22. The van der Waals surface area contributed by atoms with Crippen LogP contribution < -0.4 is 5.32 Å². The summed E-state index contributed by atoms with van der Waals surface area (Å²) in [6.45, 7) is 2.13. The van der Waals surface area contributed by atoms with Crippen LogP contribution in [0.15, 0.2) is 6.07 Å². The Kier molecular flexibility index (Phi) is 4.09. The summed E-state index contributed by atoms with van der Waals surface area (Å²) in [5, 5.41) is 2.89. The number of nitrogens with zero attached hydrogens (tertiary/aromatic N) is 1. The van der Waals surface area contributed by atoms with Gasteiger partial charge in [0.2, 0.25) is 0 Å². The smallest absolute Gasteiger partial charge is 0.251 e. The molecule has 100 valence electrons. The van der Waals surface area contributed by atoms with Crippen molar-refractivity contribution in [3.05, 3.63) is 23.6 Å². The van der Waals surface area contributed by atoms with Crippen molar-refractivity contribution in [3.63, 3.8) is 0 Å². The molecule has 2 unspecified atom stereocenters. The number of nitrogens with one attached hydrogen (secondary N) is 1. The van der Waals surface area contributed by atoms with Gasteiger partial charge in [-0.15, -0.1) is 0 Å². The zero-order valence-electron chi connectivity index (χ0n) is 10.3. The summed E-state index contributed by atoms with van der Waals surface area (Å²) < 4.78 is 39.1. The highest BCUT2D eigenvalue weighted by atomic mass is 19.2. The molecule has 0 aliphatic heterocycles. The fraction of sp³-hybridized carbons (Fsp3) is 0.615. The second-order valence-corrected chi connectivity index (χ2v) is 4.87. The summed E-state index contributed by atoms with van der Waals surface area (Å²) in [5.41, 5.74) is 0. The van der Waals surface area contributed by atoms with Gasteiger partial charge >= 0.3 is 0 Å². The van der Waals surface area contributed by atoms with E-state index in [9.17, 15) is 13.2 Å². The molecule has 2 atom stereocenters. The number of hydrogen-bond donors (Lipinski definition) is 1. The maximum atomic E-state index is 13.4. The van der Waals surface area contributed by atoms with E-state index in [2.05, 4.69) is 17.2 Å². The van der Waals surface area contributed by atoms with Crippen LogP contribution in [-0.2, 0) is 0 Å². The largest absolute Gasteiger partial charge is 0.365 e. The number of hydrogen-bond acceptors (Lipinski definition) is 2. The Morgan fingerprint density at radius 3 is 2.78 bits per heavy atom. The van der Waals surface area contributed by atoms with Gasteiger partial charge in [0.25, 0.3) is 5.95 Å². The number of rotatable bonds is 3. The monoisotopic (exact) mass is 258 g/mol. The fourth-order valence-electron chi connectivity index (χ4n) is 2.53. The predicted molar refractivity (Wildman–Crippen MR) is 63.8 cm³/mol. The van der Waals surface area contributed by atoms with Crippen LogP contribution in [0.2, 0.25) is 0 Å². The third kappa shape index (κ3) is 2.94. The zero-order valence-corrected chi connectivity index (χ0v) is 10.3. The van der Waals surface area contributed by atoms with Gasteiger partial charge in [0.1, 0.15) is 0 Å². The van der Waals surface area contributed by atoms with Crippen LogP contribution in [0.5, 0.6) is 0 Å². The maximum Gasteiger partial charge on any atom is 0.251 e. The predicted octanol–water partition coefficient (Wildman–Crippen LogP) is 3.88. The summed E-state index contributed by atoms with van der Waals surface area (Å²) in [6.07, 6.45) is 5.18. The van der Waals surface area contributed by atoms with E-state index >= 15 is 0 Å². The molecule has 0 aromatic carbocycles. The lowest BCUT2D eigenvalue weighted by molar-refractivity contribution is 0.326. The molecular formula is C13H17F3N2. The highest BCUT2D eigenvalue weighted by Crippen LogP contribution is 2.29. The van der Waals surface area contributed by atoms with Crippen molar-refractivity contribution >= 4 is 5.82 Å². The maximum absolute atomic E-state index is 13.4. The third-order valence-corrected chi connectivity index (χ3v) is 3.59. The first-order valence-electron chi connectivity index (χ1n) is 6.38. The molecule has 1 aromatic heterocycles. The molecule has 1 aliphatic rings. The number of anilines is 1. The van der Waals surface area contributed by atoms with Crippen molar-refractivity contribution in [2.45, 2.75) is 45.1 Å². The van der Waals surface area contributed by atoms with Crippen LogP contribution in [0.25, 0.3) is 0 Å². The molecule has 0 amide bonds. The zero-order chi connectivity index (χ0) is 13.1. The van der Waals surface area contributed by atoms with Crippen molar-refractivity contribution in [1.82, 2.24) is 4.98 Å². The topological polar surface area (TPSA) is 24.9 Å². The Morgan fingerprint density at radius 1 is 1.28 bits per heavy atom. The summed E-state index contributed by atoms with van der Waals surface area (Å²) in [4.78, 5) is 3.29. The summed E-state index contributed by atoms with van der Waals surface area (Å²) in [5.74, 6) is -2.93. The minimum absolute atomic E-state index is 0.0931. The number of halogens is 3. The van der Waals surface area contributed by atoms with Crippen LogP contribution in [0.3, 0.4) is 0 Å². The highest BCUT2D eigenvalue weighted by molar-refractivity contribution is 5.37. The molecule has 1 saturated carbocycles. The van der Waals surface area contributed by atoms with Crippen LogP contribution in [-0.4, -0.2) is 11.0 Å². The molecule has 1 aliphatic carbocycles. The molecule has 1 heterocycles. The standard InChI is InChI=1S/C13H17F3N2/c1-2-8-4-3-5-9(6-8)17-13-11(15)7-10(14)12(16)18-13/h7-9H,2-6H2,1H3,(H,17,18). The van der Waals surface area contributed by atoms with Gasteiger partial charge in [-0.1, -0.05) is 26.2 Å². The van der Waals surface area contributed by atoms with Crippen LogP contribution >= 0.6 is 0 Å². The molecule has 2 rings (SSSR count). The fourth-order valence-corrected chi connectivity index (χ4v) is 2.53. The van der Waals surface area contributed by atoms with Crippen molar-refractivity contribution in [3.8, 4) is 0 Å². The summed E-state index contributed by atoms with van der Waals surface area (Å²) in [6, 6.07) is 0.626. The SMILES string of the molecule is CCC1CCCC(Nc2nc(F)c(F)cc2F)C1. The number of pyridine rings is 1. The Labute approximate surface area is 105 Å². The van der Waals surface area contributed by atoms with Crippen molar-refractivity contribution in [2.24, 2.45) is 5.92 Å². The second-order valence-electron chi connectivity index (χ2n) is 4.87. The normalized spacial score (nSPS) is 24.0. The first-order chi connectivity index (χ1) is 8.60. The van der Waals surface area contributed by atoms with E-state index in [0.29, 0.717) is 12.0 Å². The van der Waals surface area contributed by atoms with Crippen molar-refractivity contribution in [2.75, 3.05) is 5.32 Å². The van der Waals surface area contributed by atoms with E-state index in [1.54, 1.807) is 0 Å². The molecular weight excluding hydrogens is 241 g/mol. The lowest BCUT2D eigenvalue weighted by Gasteiger charge is -2.29. The molecule has 1 N–H and O–H groups in total. The van der Waals surface area contributed by atoms with E-state index in [-0.39, 0.29) is 11.9 Å². The molecule has 18 heavy (non-hydrogen) atoms. The minimum Gasteiger partial charge on any atom is -0.365 e. The van der Waals surface area contributed by atoms with Crippen LogP contribution in [0, 0.1) is 23.5 Å². The molecule has 0 spiro atoms. The van der Waals surface area contributed by atoms with Gasteiger partial charge in [-0.25, -0.2) is 8.78 Å². The molecule has 0 radical (unpaired) electrons. The Balaban J connectivity index is 2.07. The van der Waals surface area contributed by atoms with Gasteiger partial charge < -0.3 is 5.32 Å². The van der Waals surface area contributed by atoms with Gasteiger partial charge in [-0.2, -0.15) is 9.37 Å². The van der Waals surface area contributed by atoms with E-state index in [1.807, 2.05) is 0 Å². The number of aromatic nitrogens is 1. The molecule has 2 nitrogen and oxygen atoms in total. The Hall–Kier alpha value is -1.26. The van der Waals surface area contributed by atoms with E-state index in [1.165, 1.54) is 6.42 Å². The van der Waals surface area contributed by atoms with Gasteiger partial charge in [0.15, 0.2) is 17.5 Å². The van der Waals surface area contributed by atoms with Crippen LogP contribution in [0.4, 0.5) is 19.0 Å². The summed E-state index contributed by atoms with van der Waals surface area (Å²) in [7, 11) is 0. The van der Waals surface area contributed by atoms with E-state index < -0.39 is 17.6 Å². The van der Waals surface area contributed by atoms with Gasteiger partial charge in [0.05, 0.1) is 0 Å². The molecule has 0 saturated heterocycles. The molecule has 5 heteroatoms.